The normalized spacial score (nSPS) is 25.8. The SMILES string of the molecule is Cc1cc2c3c(c1)N(c1ccc4c(c1)C(C)(C)CCC4(C)C)c1sc4c(c1B3c1cc3c(cc1N2c1cc2c(cc1-c1ccccc1)C(C)(C)CCC2(C)C)C1(C)CCC3(C)C1)C(C)(C)CCC4(C)C. The Hall–Kier alpha value is -4.54. The van der Waals surface area contributed by atoms with E-state index in [-0.39, 0.29) is 50.0 Å². The summed E-state index contributed by atoms with van der Waals surface area (Å²) >= 11 is 2.14. The topological polar surface area (TPSA) is 6.48 Å². The molecule has 2 atom stereocenters. The van der Waals surface area contributed by atoms with Crippen LogP contribution < -0.4 is 26.2 Å². The predicted molar refractivity (Wildman–Crippen MR) is 303 cm³/mol. The highest BCUT2D eigenvalue weighted by atomic mass is 32.1. The van der Waals surface area contributed by atoms with Crippen LogP contribution in [0.5, 0.6) is 0 Å². The van der Waals surface area contributed by atoms with Crippen molar-refractivity contribution in [3.05, 3.63) is 134 Å². The highest BCUT2D eigenvalue weighted by molar-refractivity contribution is 7.20. The van der Waals surface area contributed by atoms with Crippen LogP contribution in [0.15, 0.2) is 84.9 Å². The van der Waals surface area contributed by atoms with Gasteiger partial charge in [0, 0.05) is 33.2 Å². The molecular formula is C66H77BN2S. The number of fused-ring (bicyclic) bond motifs is 13. The largest absolute Gasteiger partial charge is 0.311 e. The first-order chi connectivity index (χ1) is 32.8. The van der Waals surface area contributed by atoms with Gasteiger partial charge in [0.1, 0.15) is 0 Å². The Morgan fingerprint density at radius 3 is 1.61 bits per heavy atom. The average molecular weight is 941 g/mol. The lowest BCUT2D eigenvalue weighted by Crippen LogP contribution is -2.63. The molecule has 1 aromatic heterocycles. The van der Waals surface area contributed by atoms with Crippen LogP contribution in [-0.4, -0.2) is 6.71 Å². The molecule has 2 unspecified atom stereocenters. The van der Waals surface area contributed by atoms with E-state index in [4.69, 9.17) is 0 Å². The Kier molecular flexibility index (Phi) is 9.03. The highest BCUT2D eigenvalue weighted by Gasteiger charge is 2.57. The number of rotatable bonds is 3. The van der Waals surface area contributed by atoms with E-state index in [1.54, 1.807) is 27.0 Å². The molecule has 1 saturated carbocycles. The van der Waals surface area contributed by atoms with Gasteiger partial charge < -0.3 is 9.80 Å². The van der Waals surface area contributed by atoms with Crippen molar-refractivity contribution in [1.29, 1.82) is 0 Å². The summed E-state index contributed by atoms with van der Waals surface area (Å²) in [6, 6.07) is 35.2. The van der Waals surface area contributed by atoms with Crippen LogP contribution in [0, 0.1) is 6.92 Å². The Balaban J connectivity index is 1.18. The first kappa shape index (κ1) is 45.3. The molecule has 360 valence electrons. The number of anilines is 6. The number of thiophene rings is 1. The maximum atomic E-state index is 2.82. The van der Waals surface area contributed by atoms with Gasteiger partial charge in [0.2, 0.25) is 0 Å². The Morgan fingerprint density at radius 1 is 0.443 bits per heavy atom. The molecule has 1 fully saturated rings. The molecule has 2 aliphatic heterocycles. The van der Waals surface area contributed by atoms with E-state index in [0.29, 0.717) is 0 Å². The van der Waals surface area contributed by atoms with Gasteiger partial charge in [-0.15, -0.1) is 11.3 Å². The lowest BCUT2D eigenvalue weighted by molar-refractivity contribution is 0.332. The van der Waals surface area contributed by atoms with Crippen molar-refractivity contribution in [2.45, 2.75) is 205 Å². The van der Waals surface area contributed by atoms with Crippen molar-refractivity contribution in [2.24, 2.45) is 0 Å². The van der Waals surface area contributed by atoms with Crippen molar-refractivity contribution < 1.29 is 0 Å². The third-order valence-corrected chi connectivity index (χ3v) is 22.1. The molecule has 7 aliphatic rings. The van der Waals surface area contributed by atoms with Crippen LogP contribution in [0.3, 0.4) is 0 Å². The van der Waals surface area contributed by atoms with Crippen LogP contribution >= 0.6 is 11.3 Å². The monoisotopic (exact) mass is 941 g/mol. The number of aryl methyl sites for hydroxylation is 1. The predicted octanol–water partition coefficient (Wildman–Crippen LogP) is 16.6. The molecule has 0 radical (unpaired) electrons. The van der Waals surface area contributed by atoms with E-state index in [1.165, 1.54) is 141 Å². The summed E-state index contributed by atoms with van der Waals surface area (Å²) in [4.78, 5) is 7.23. The van der Waals surface area contributed by atoms with Gasteiger partial charge in [-0.3, -0.25) is 0 Å². The van der Waals surface area contributed by atoms with Gasteiger partial charge in [-0.1, -0.05) is 139 Å². The van der Waals surface area contributed by atoms with E-state index in [9.17, 15) is 0 Å². The summed E-state index contributed by atoms with van der Waals surface area (Å²) in [5.41, 5.74) is 27.1. The summed E-state index contributed by atoms with van der Waals surface area (Å²) in [6.07, 6.45) is 11.0. The fourth-order valence-corrected chi connectivity index (χ4v) is 17.6. The van der Waals surface area contributed by atoms with Gasteiger partial charge in [-0.05, 0) is 217 Å². The molecule has 2 bridgehead atoms. The fourth-order valence-electron chi connectivity index (χ4n) is 15.9. The zero-order chi connectivity index (χ0) is 49.2. The molecule has 3 heterocycles. The number of nitrogens with zero attached hydrogens (tertiary/aromatic N) is 2. The third kappa shape index (κ3) is 6.04. The number of benzene rings is 5. The Bertz CT molecular complexity index is 3270. The van der Waals surface area contributed by atoms with Crippen LogP contribution in [0.1, 0.15) is 204 Å². The fraction of sp³-hybridized carbons (Fsp3) is 0.485. The van der Waals surface area contributed by atoms with Crippen molar-refractivity contribution in [3.63, 3.8) is 0 Å². The summed E-state index contributed by atoms with van der Waals surface area (Å²) in [7, 11) is 0. The van der Waals surface area contributed by atoms with Gasteiger partial charge in [-0.25, -0.2) is 0 Å². The second-order valence-corrected chi connectivity index (χ2v) is 29.4. The molecule has 5 aromatic carbocycles. The standard InChI is InChI=1S/C66H77BN2S/c1-39-31-52-55-53(32-39)69(50-36-46-45(61(6,7)25-26-62(46,8)9)34-42(50)40-19-17-16-18-20-40)51-37-48-47(65(14)29-30-66(48,15)38-65)35-49(51)67(55)56-54-57(64(12,13)28-27-63(54,10)11)70-58(56)68(52)41-21-22-43-44(33-41)60(4,5)24-23-59(43,2)3/h16-22,31-37H,23-30,38H2,1-15H3. The Labute approximate surface area is 425 Å². The van der Waals surface area contributed by atoms with Gasteiger partial charge in [0.05, 0.1) is 10.7 Å². The summed E-state index contributed by atoms with van der Waals surface area (Å²) in [5, 5.41) is 1.46. The second-order valence-electron chi connectivity index (χ2n) is 28.4. The molecule has 5 aliphatic carbocycles. The third-order valence-electron chi connectivity index (χ3n) is 20.6. The lowest BCUT2D eigenvalue weighted by Gasteiger charge is -2.47. The number of hydrogen-bond donors (Lipinski definition) is 0. The van der Waals surface area contributed by atoms with Crippen molar-refractivity contribution in [3.8, 4) is 11.1 Å². The zero-order valence-electron chi connectivity index (χ0n) is 45.3. The molecule has 6 aromatic rings. The minimum Gasteiger partial charge on any atom is -0.311 e. The van der Waals surface area contributed by atoms with Crippen LogP contribution in [0.2, 0.25) is 0 Å². The van der Waals surface area contributed by atoms with Gasteiger partial charge in [-0.2, -0.15) is 0 Å². The van der Waals surface area contributed by atoms with Gasteiger partial charge in [0.25, 0.3) is 6.71 Å². The van der Waals surface area contributed by atoms with Crippen LogP contribution in [0.25, 0.3) is 11.1 Å². The van der Waals surface area contributed by atoms with E-state index in [0.717, 1.165) is 0 Å². The molecule has 0 N–H and O–H groups in total. The van der Waals surface area contributed by atoms with E-state index in [1.807, 2.05) is 0 Å². The van der Waals surface area contributed by atoms with E-state index >= 15 is 0 Å². The molecule has 0 amide bonds. The van der Waals surface area contributed by atoms with Crippen molar-refractivity contribution in [1.82, 2.24) is 0 Å². The average Bonchev–Trinajstić information content (AvgIpc) is 3.94. The maximum Gasteiger partial charge on any atom is 0.253 e. The zero-order valence-corrected chi connectivity index (χ0v) is 46.1. The van der Waals surface area contributed by atoms with E-state index < -0.39 is 0 Å². The lowest BCUT2D eigenvalue weighted by atomic mass is 9.32. The second kappa shape index (κ2) is 13.9. The van der Waals surface area contributed by atoms with Crippen LogP contribution in [0.4, 0.5) is 33.4 Å². The molecule has 2 nitrogen and oxygen atoms in total. The summed E-state index contributed by atoms with van der Waals surface area (Å²) < 4.78 is 0. The van der Waals surface area contributed by atoms with Gasteiger partial charge in [0.15, 0.2) is 0 Å². The van der Waals surface area contributed by atoms with Crippen molar-refractivity contribution in [2.75, 3.05) is 9.80 Å². The highest BCUT2D eigenvalue weighted by Crippen LogP contribution is 2.63. The number of hydrogen-bond acceptors (Lipinski definition) is 3. The molecular weight excluding hydrogens is 864 g/mol. The van der Waals surface area contributed by atoms with Crippen molar-refractivity contribution >= 4 is 67.9 Å². The quantitative estimate of drug-likeness (QED) is 0.163. The first-order valence-corrected chi connectivity index (χ1v) is 28.1. The molecule has 0 saturated heterocycles. The summed E-state index contributed by atoms with van der Waals surface area (Å²) in [5.74, 6) is 0. The Morgan fingerprint density at radius 2 is 0.971 bits per heavy atom. The first-order valence-electron chi connectivity index (χ1n) is 27.3. The van der Waals surface area contributed by atoms with Gasteiger partial charge >= 0.3 is 0 Å². The maximum absolute atomic E-state index is 2.82. The minimum atomic E-state index is 0.0365. The van der Waals surface area contributed by atoms with Crippen LogP contribution in [-0.2, 0) is 43.3 Å². The van der Waals surface area contributed by atoms with E-state index in [2.05, 4.69) is 210 Å². The minimum absolute atomic E-state index is 0.0365. The molecule has 70 heavy (non-hydrogen) atoms. The molecule has 4 heteroatoms. The molecule has 0 spiro atoms. The molecule has 13 rings (SSSR count). The summed E-state index contributed by atoms with van der Waals surface area (Å²) in [6.45, 7) is 37.9. The smallest absolute Gasteiger partial charge is 0.253 e.